The molecule has 16 heteroatoms. The molecule has 4 heterocycles. The molecule has 11 nitrogen and oxygen atoms in total. The Kier molecular flexibility index (Phi) is 5.34. The number of imidazole rings is 1. The monoisotopic (exact) mass is 419 g/mol. The maximum absolute atomic E-state index is 12.9. The van der Waals surface area contributed by atoms with Gasteiger partial charge >= 0.3 is 35.7 Å². The summed E-state index contributed by atoms with van der Waals surface area (Å²) in [6.45, 7) is -0.406. The summed E-state index contributed by atoms with van der Waals surface area (Å²) in [7, 11) is -4.59. The van der Waals surface area contributed by atoms with Crippen LogP contribution in [0.5, 0.6) is 0 Å². The second kappa shape index (κ2) is 6.90. The zero-order valence-electron chi connectivity index (χ0n) is 13.5. The molecule has 0 amide bonds. The molecule has 1 unspecified atom stereocenters. The third-order valence-corrected chi connectivity index (χ3v) is 4.90. The van der Waals surface area contributed by atoms with Crippen molar-refractivity contribution in [3.63, 3.8) is 0 Å². The van der Waals surface area contributed by atoms with Crippen LogP contribution >= 0.6 is 7.82 Å². The van der Waals surface area contributed by atoms with E-state index in [1.165, 1.54) is 0 Å². The predicted octanol–water partition coefficient (Wildman–Crippen LogP) is -3.43. The zero-order chi connectivity index (χ0) is 18.9. The molecule has 2 aromatic rings. The van der Waals surface area contributed by atoms with Gasteiger partial charge in [-0.2, -0.15) is 13.2 Å². The standard InChI is InChI=1S/C11H11F3N5O6P.Na/c12-11(13,14)10-17-7(15)4-8(18-10)19(2-16-4)9-5(20)6-3(24-9)1-23-26(21,22)25-6;/h2-3,5-6,9,20H,1H2,(H,21,22)(H2,15,17,18);/q;+1/p-1/t3-,5-,6-,9-;/m1./s1. The van der Waals surface area contributed by atoms with Crippen LogP contribution in [-0.2, 0) is 24.5 Å². The number of hydrogen-bond acceptors (Lipinski definition) is 10. The number of nitrogens with zero attached hydrogens (tertiary/aromatic N) is 4. The number of phosphoric acid groups is 1. The Balaban J connectivity index is 0.00000210. The van der Waals surface area contributed by atoms with Crippen molar-refractivity contribution in [3.8, 4) is 0 Å². The van der Waals surface area contributed by atoms with Crippen LogP contribution in [0.3, 0.4) is 0 Å². The molecule has 27 heavy (non-hydrogen) atoms. The Bertz CT molecular complexity index is 928. The maximum atomic E-state index is 12.9. The number of nitrogen functional groups attached to an aromatic ring is 1. The Hall–Kier alpha value is -0.830. The fourth-order valence-electron chi connectivity index (χ4n) is 2.81. The van der Waals surface area contributed by atoms with Gasteiger partial charge in [-0.3, -0.25) is 9.13 Å². The number of aromatic nitrogens is 4. The van der Waals surface area contributed by atoms with Crippen LogP contribution in [0.25, 0.3) is 11.2 Å². The van der Waals surface area contributed by atoms with Gasteiger partial charge in [0, 0.05) is 0 Å². The van der Waals surface area contributed by atoms with Gasteiger partial charge in [0.2, 0.25) is 5.82 Å². The van der Waals surface area contributed by atoms with E-state index in [1.807, 2.05) is 0 Å². The van der Waals surface area contributed by atoms with Crippen LogP contribution in [0.4, 0.5) is 19.0 Å². The van der Waals surface area contributed by atoms with Crippen LogP contribution in [0, 0.1) is 0 Å². The number of aliphatic hydroxyl groups is 1. The van der Waals surface area contributed by atoms with Crippen LogP contribution in [0.1, 0.15) is 12.1 Å². The van der Waals surface area contributed by atoms with Crippen molar-refractivity contribution < 1.29 is 71.1 Å². The third kappa shape index (κ3) is 3.61. The van der Waals surface area contributed by atoms with Crippen molar-refractivity contribution in [2.24, 2.45) is 0 Å². The molecule has 2 saturated heterocycles. The first-order valence-corrected chi connectivity index (χ1v) is 8.57. The van der Waals surface area contributed by atoms with E-state index in [1.54, 1.807) is 0 Å². The number of ether oxygens (including phenoxy) is 1. The van der Waals surface area contributed by atoms with Crippen LogP contribution in [-0.4, -0.2) is 49.5 Å². The third-order valence-electron chi connectivity index (χ3n) is 3.93. The molecule has 0 saturated carbocycles. The number of halogens is 3. The molecule has 2 aliphatic heterocycles. The molecule has 142 valence electrons. The summed E-state index contributed by atoms with van der Waals surface area (Å²) in [6.07, 6.45) is -8.88. The second-order valence-electron chi connectivity index (χ2n) is 5.62. The molecule has 0 bridgehead atoms. The fourth-order valence-corrected chi connectivity index (χ4v) is 3.76. The van der Waals surface area contributed by atoms with Gasteiger partial charge in [0.05, 0.1) is 12.9 Å². The topological polar surface area (TPSA) is 158 Å². The average molecular weight is 419 g/mol. The molecular formula is C11H10F3N5NaO6P. The normalized spacial score (nSPS) is 33.7. The number of fused-ring (bicyclic) bond motifs is 2. The quantitative estimate of drug-likeness (QED) is 0.352. The summed E-state index contributed by atoms with van der Waals surface area (Å²) in [6, 6.07) is 0. The molecule has 4 rings (SSSR count). The van der Waals surface area contributed by atoms with Crippen molar-refractivity contribution in [1.82, 2.24) is 19.5 Å². The van der Waals surface area contributed by atoms with Crippen molar-refractivity contribution in [2.75, 3.05) is 12.3 Å². The smallest absolute Gasteiger partial charge is 0.756 e. The summed E-state index contributed by atoms with van der Waals surface area (Å²) < 4.78 is 65.8. The number of phosphoric ester groups is 1. The maximum Gasteiger partial charge on any atom is 1.00 e. The minimum absolute atomic E-state index is 0. The van der Waals surface area contributed by atoms with E-state index in [9.17, 15) is 27.7 Å². The Labute approximate surface area is 170 Å². The molecule has 0 spiro atoms. The van der Waals surface area contributed by atoms with E-state index in [0.717, 1.165) is 10.9 Å². The number of nitrogens with two attached hydrogens (primary N) is 1. The largest absolute Gasteiger partial charge is 1.00 e. The Morgan fingerprint density at radius 3 is 2.78 bits per heavy atom. The van der Waals surface area contributed by atoms with E-state index in [-0.39, 0.29) is 40.7 Å². The van der Waals surface area contributed by atoms with Crippen LogP contribution < -0.4 is 40.2 Å². The number of aliphatic hydroxyl groups excluding tert-OH is 1. The van der Waals surface area contributed by atoms with E-state index < -0.39 is 56.8 Å². The molecule has 2 aliphatic rings. The molecular weight excluding hydrogens is 409 g/mol. The first-order valence-electron chi connectivity index (χ1n) is 7.11. The summed E-state index contributed by atoms with van der Waals surface area (Å²) in [4.78, 5) is 21.8. The summed E-state index contributed by atoms with van der Waals surface area (Å²) in [5.41, 5.74) is 5.04. The van der Waals surface area contributed by atoms with Gasteiger partial charge in [-0.15, -0.1) is 0 Å². The van der Waals surface area contributed by atoms with E-state index >= 15 is 0 Å². The summed E-state index contributed by atoms with van der Waals surface area (Å²) >= 11 is 0. The van der Waals surface area contributed by atoms with Gasteiger partial charge < -0.3 is 29.5 Å². The number of rotatable bonds is 1. The van der Waals surface area contributed by atoms with Gasteiger partial charge in [0.15, 0.2) is 17.7 Å². The second-order valence-corrected chi connectivity index (χ2v) is 6.99. The van der Waals surface area contributed by atoms with E-state index in [2.05, 4.69) is 24.0 Å². The van der Waals surface area contributed by atoms with Gasteiger partial charge in [-0.1, -0.05) is 0 Å². The molecule has 0 aliphatic carbocycles. The van der Waals surface area contributed by atoms with Crippen molar-refractivity contribution in [2.45, 2.75) is 30.7 Å². The predicted molar refractivity (Wildman–Crippen MR) is 73.1 cm³/mol. The van der Waals surface area contributed by atoms with E-state index in [4.69, 9.17) is 10.5 Å². The molecule has 2 fully saturated rings. The summed E-state index contributed by atoms with van der Waals surface area (Å²) in [5.74, 6) is -1.99. The molecule has 5 atom stereocenters. The zero-order valence-corrected chi connectivity index (χ0v) is 16.4. The minimum Gasteiger partial charge on any atom is -0.756 e. The first-order chi connectivity index (χ1) is 12.1. The SMILES string of the molecule is Nc1nc(C(F)(F)F)nc2c1ncn2[C@@H]1O[C@@H]2COP(=O)([O-])O[C@H]2[C@H]1O.[Na+]. The van der Waals surface area contributed by atoms with Crippen molar-refractivity contribution in [3.05, 3.63) is 12.2 Å². The molecule has 0 aromatic carbocycles. The number of anilines is 1. The van der Waals surface area contributed by atoms with E-state index in [0.29, 0.717) is 0 Å². The molecule has 2 aromatic heterocycles. The first kappa shape index (κ1) is 20.9. The Morgan fingerprint density at radius 1 is 1.41 bits per heavy atom. The van der Waals surface area contributed by atoms with Gasteiger partial charge in [-0.25, -0.2) is 15.0 Å². The average Bonchev–Trinajstić information content (AvgIpc) is 3.08. The van der Waals surface area contributed by atoms with Gasteiger partial charge in [0.1, 0.15) is 23.8 Å². The number of alkyl halides is 3. The van der Waals surface area contributed by atoms with Crippen LogP contribution in [0.15, 0.2) is 6.33 Å². The Morgan fingerprint density at radius 2 is 2.11 bits per heavy atom. The molecule has 0 radical (unpaired) electrons. The van der Waals surface area contributed by atoms with Crippen molar-refractivity contribution in [1.29, 1.82) is 0 Å². The summed E-state index contributed by atoms with van der Waals surface area (Å²) in [5, 5.41) is 10.3. The minimum atomic E-state index is -4.85. The van der Waals surface area contributed by atoms with Gasteiger partial charge in [0.25, 0.3) is 7.82 Å². The fraction of sp³-hybridized carbons (Fsp3) is 0.545. The van der Waals surface area contributed by atoms with Crippen molar-refractivity contribution >= 4 is 24.8 Å². The molecule has 3 N–H and O–H groups in total. The van der Waals surface area contributed by atoms with Gasteiger partial charge in [-0.05, 0) is 0 Å². The number of hydrogen-bond donors (Lipinski definition) is 2. The van der Waals surface area contributed by atoms with Crippen LogP contribution in [0.2, 0.25) is 0 Å².